The van der Waals surface area contributed by atoms with Gasteiger partial charge in [-0.05, 0) is 36.8 Å². The van der Waals surface area contributed by atoms with E-state index in [1.54, 1.807) is 0 Å². The molecule has 0 heterocycles. The van der Waals surface area contributed by atoms with E-state index in [1.165, 1.54) is 37.7 Å². The van der Waals surface area contributed by atoms with Crippen molar-refractivity contribution in [2.24, 2.45) is 0 Å². The van der Waals surface area contributed by atoms with Gasteiger partial charge in [-0.2, -0.15) is 0 Å². The SMILES string of the molecule is CCCCC(CNC1CC1)c1ccccc1Cl. The zero-order valence-corrected chi connectivity index (χ0v) is 11.3. The second kappa shape index (κ2) is 6.42. The molecule has 1 aromatic carbocycles. The minimum atomic E-state index is 0.573. The van der Waals surface area contributed by atoms with E-state index in [4.69, 9.17) is 11.6 Å². The van der Waals surface area contributed by atoms with Crippen molar-refractivity contribution < 1.29 is 0 Å². The highest BCUT2D eigenvalue weighted by molar-refractivity contribution is 6.31. The van der Waals surface area contributed by atoms with Crippen LogP contribution in [0.4, 0.5) is 0 Å². The second-order valence-electron chi connectivity index (χ2n) is 5.04. The monoisotopic (exact) mass is 251 g/mol. The average molecular weight is 252 g/mol. The van der Waals surface area contributed by atoms with Crippen LogP contribution in [0.1, 0.15) is 50.5 Å². The van der Waals surface area contributed by atoms with Crippen molar-refractivity contribution in [1.29, 1.82) is 0 Å². The Bertz CT molecular complexity index is 347. The molecule has 1 aliphatic carbocycles. The molecule has 0 saturated heterocycles. The summed E-state index contributed by atoms with van der Waals surface area (Å²) in [5.74, 6) is 0.573. The van der Waals surface area contributed by atoms with E-state index >= 15 is 0 Å². The van der Waals surface area contributed by atoms with Gasteiger partial charge in [0.2, 0.25) is 0 Å². The molecule has 1 nitrogen and oxygen atoms in total. The Kier molecular flexibility index (Phi) is 4.87. The van der Waals surface area contributed by atoms with Crippen LogP contribution in [0.3, 0.4) is 0 Å². The van der Waals surface area contributed by atoms with Crippen molar-refractivity contribution in [2.45, 2.75) is 51.0 Å². The maximum atomic E-state index is 6.30. The maximum absolute atomic E-state index is 6.30. The minimum absolute atomic E-state index is 0.573. The third-order valence-corrected chi connectivity index (χ3v) is 3.83. The molecule has 0 spiro atoms. The van der Waals surface area contributed by atoms with Crippen LogP contribution in [0, 0.1) is 0 Å². The molecule has 1 saturated carbocycles. The predicted molar refractivity (Wildman–Crippen MR) is 74.7 cm³/mol. The fourth-order valence-corrected chi connectivity index (χ4v) is 2.51. The lowest BCUT2D eigenvalue weighted by atomic mass is 9.93. The summed E-state index contributed by atoms with van der Waals surface area (Å²) in [4.78, 5) is 0. The third kappa shape index (κ3) is 4.01. The van der Waals surface area contributed by atoms with E-state index in [0.29, 0.717) is 5.92 Å². The van der Waals surface area contributed by atoms with Gasteiger partial charge in [0.25, 0.3) is 0 Å². The molecule has 94 valence electrons. The van der Waals surface area contributed by atoms with Crippen LogP contribution in [-0.2, 0) is 0 Å². The molecular formula is C15H22ClN. The van der Waals surface area contributed by atoms with Gasteiger partial charge in [0, 0.05) is 17.6 Å². The van der Waals surface area contributed by atoms with Crippen molar-refractivity contribution >= 4 is 11.6 Å². The molecule has 1 unspecified atom stereocenters. The molecule has 1 aromatic rings. The highest BCUT2D eigenvalue weighted by atomic mass is 35.5. The molecule has 17 heavy (non-hydrogen) atoms. The second-order valence-corrected chi connectivity index (χ2v) is 5.45. The lowest BCUT2D eigenvalue weighted by Crippen LogP contribution is -2.23. The highest BCUT2D eigenvalue weighted by Gasteiger charge is 2.22. The van der Waals surface area contributed by atoms with E-state index in [2.05, 4.69) is 24.4 Å². The Hall–Kier alpha value is -0.530. The first kappa shape index (κ1) is 12.9. The van der Waals surface area contributed by atoms with Gasteiger partial charge in [-0.3, -0.25) is 0 Å². The summed E-state index contributed by atoms with van der Waals surface area (Å²) >= 11 is 6.30. The molecule has 2 heteroatoms. The van der Waals surface area contributed by atoms with E-state index in [0.717, 1.165) is 17.6 Å². The molecule has 1 atom stereocenters. The van der Waals surface area contributed by atoms with Gasteiger partial charge in [0.05, 0.1) is 0 Å². The Morgan fingerprint density at radius 1 is 1.35 bits per heavy atom. The highest BCUT2D eigenvalue weighted by Crippen LogP contribution is 2.29. The molecule has 0 amide bonds. The van der Waals surface area contributed by atoms with Gasteiger partial charge in [-0.15, -0.1) is 0 Å². The number of hydrogen-bond donors (Lipinski definition) is 1. The Labute approximate surface area is 110 Å². The number of rotatable bonds is 7. The third-order valence-electron chi connectivity index (χ3n) is 3.48. The Morgan fingerprint density at radius 3 is 2.76 bits per heavy atom. The summed E-state index contributed by atoms with van der Waals surface area (Å²) < 4.78 is 0. The first-order valence-electron chi connectivity index (χ1n) is 6.79. The molecule has 0 bridgehead atoms. The summed E-state index contributed by atoms with van der Waals surface area (Å²) in [5.41, 5.74) is 1.32. The first-order valence-corrected chi connectivity index (χ1v) is 7.17. The van der Waals surface area contributed by atoms with E-state index in [-0.39, 0.29) is 0 Å². The molecule has 0 aliphatic heterocycles. The zero-order valence-electron chi connectivity index (χ0n) is 10.6. The molecule has 0 aromatic heterocycles. The standard InChI is InChI=1S/C15H22ClN/c1-2-3-6-12(11-17-13-9-10-13)14-7-4-5-8-15(14)16/h4-5,7-8,12-13,17H,2-3,6,9-11H2,1H3. The normalized spacial score (nSPS) is 17.1. The van der Waals surface area contributed by atoms with E-state index in [9.17, 15) is 0 Å². The van der Waals surface area contributed by atoms with Crippen LogP contribution in [0.15, 0.2) is 24.3 Å². The van der Waals surface area contributed by atoms with Gasteiger partial charge < -0.3 is 5.32 Å². The molecule has 2 rings (SSSR count). The zero-order chi connectivity index (χ0) is 12.1. The van der Waals surface area contributed by atoms with E-state index in [1.807, 2.05) is 12.1 Å². The first-order chi connectivity index (χ1) is 8.31. The van der Waals surface area contributed by atoms with Crippen molar-refractivity contribution in [3.05, 3.63) is 34.9 Å². The molecule has 1 fully saturated rings. The molecule has 0 radical (unpaired) electrons. The van der Waals surface area contributed by atoms with Gasteiger partial charge in [0.15, 0.2) is 0 Å². The van der Waals surface area contributed by atoms with Crippen LogP contribution < -0.4 is 5.32 Å². The fourth-order valence-electron chi connectivity index (χ4n) is 2.22. The van der Waals surface area contributed by atoms with Crippen LogP contribution in [0.5, 0.6) is 0 Å². The molecular weight excluding hydrogens is 230 g/mol. The summed E-state index contributed by atoms with van der Waals surface area (Å²) in [6, 6.07) is 9.07. The number of benzene rings is 1. The maximum Gasteiger partial charge on any atom is 0.0441 e. The van der Waals surface area contributed by atoms with Crippen LogP contribution in [0.2, 0.25) is 5.02 Å². The number of hydrogen-bond acceptors (Lipinski definition) is 1. The van der Waals surface area contributed by atoms with Crippen LogP contribution >= 0.6 is 11.6 Å². The minimum Gasteiger partial charge on any atom is -0.313 e. The van der Waals surface area contributed by atoms with Crippen molar-refractivity contribution in [2.75, 3.05) is 6.54 Å². The number of halogens is 1. The smallest absolute Gasteiger partial charge is 0.0441 e. The van der Waals surface area contributed by atoms with E-state index < -0.39 is 0 Å². The summed E-state index contributed by atoms with van der Waals surface area (Å²) in [7, 11) is 0. The quantitative estimate of drug-likeness (QED) is 0.759. The van der Waals surface area contributed by atoms with Gasteiger partial charge in [-0.25, -0.2) is 0 Å². The average Bonchev–Trinajstić information content (AvgIpc) is 3.15. The van der Waals surface area contributed by atoms with Crippen molar-refractivity contribution in [1.82, 2.24) is 5.32 Å². The summed E-state index contributed by atoms with van der Waals surface area (Å²) in [5, 5.41) is 4.56. The summed E-state index contributed by atoms with van der Waals surface area (Å²) in [6.45, 7) is 3.33. The predicted octanol–water partition coefficient (Wildman–Crippen LogP) is 4.37. The Balaban J connectivity index is 1.99. The van der Waals surface area contributed by atoms with Crippen LogP contribution in [-0.4, -0.2) is 12.6 Å². The largest absolute Gasteiger partial charge is 0.313 e. The van der Waals surface area contributed by atoms with Crippen molar-refractivity contribution in [3.8, 4) is 0 Å². The molecule has 1 aliphatic rings. The Morgan fingerprint density at radius 2 is 2.12 bits per heavy atom. The van der Waals surface area contributed by atoms with Gasteiger partial charge in [-0.1, -0.05) is 49.6 Å². The number of unbranched alkanes of at least 4 members (excludes halogenated alkanes) is 1. The van der Waals surface area contributed by atoms with Crippen molar-refractivity contribution in [3.63, 3.8) is 0 Å². The summed E-state index contributed by atoms with van der Waals surface area (Å²) in [6.07, 6.45) is 6.47. The topological polar surface area (TPSA) is 12.0 Å². The van der Waals surface area contributed by atoms with Crippen LogP contribution in [0.25, 0.3) is 0 Å². The number of nitrogens with one attached hydrogen (secondary N) is 1. The van der Waals surface area contributed by atoms with Gasteiger partial charge >= 0.3 is 0 Å². The molecule has 1 N–H and O–H groups in total. The van der Waals surface area contributed by atoms with Gasteiger partial charge in [0.1, 0.15) is 0 Å². The lowest BCUT2D eigenvalue weighted by molar-refractivity contribution is 0.528. The lowest BCUT2D eigenvalue weighted by Gasteiger charge is -2.19. The fraction of sp³-hybridized carbons (Fsp3) is 0.600.